The predicted octanol–water partition coefficient (Wildman–Crippen LogP) is 2.93. The smallest absolute Gasteiger partial charge is 0.191 e. The van der Waals surface area contributed by atoms with Gasteiger partial charge < -0.3 is 10.6 Å². The van der Waals surface area contributed by atoms with Crippen LogP contribution in [-0.2, 0) is 19.4 Å². The van der Waals surface area contributed by atoms with Crippen LogP contribution in [0.2, 0.25) is 0 Å². The first-order valence-corrected chi connectivity index (χ1v) is 8.34. The Morgan fingerprint density at radius 3 is 2.74 bits per heavy atom. The molecule has 0 amide bonds. The molecule has 0 fully saturated rings. The number of hydrogen-bond acceptors (Lipinski definition) is 4. The zero-order valence-corrected chi connectivity index (χ0v) is 16.9. The second kappa shape index (κ2) is 10.5. The molecule has 0 radical (unpaired) electrons. The Morgan fingerprint density at radius 1 is 1.30 bits per heavy atom. The largest absolute Gasteiger partial charge is 0.356 e. The summed E-state index contributed by atoms with van der Waals surface area (Å²) in [7, 11) is 1.77. The molecule has 5 nitrogen and oxygen atoms in total. The average Bonchev–Trinajstić information content (AvgIpc) is 2.91. The molecule has 0 aliphatic heterocycles. The fourth-order valence-corrected chi connectivity index (χ4v) is 3.13. The van der Waals surface area contributed by atoms with E-state index in [0.29, 0.717) is 6.54 Å². The van der Waals surface area contributed by atoms with E-state index >= 15 is 0 Å². The lowest BCUT2D eigenvalue weighted by Crippen LogP contribution is -2.38. The van der Waals surface area contributed by atoms with Crippen molar-refractivity contribution < 1.29 is 0 Å². The standard InChI is InChI=1S/C16H23N5S.HI/c1-4-14-12(2)22-15(21-14)8-10-19-16(17-3)20-11-13-7-5-6-9-18-13;/h5-7,9H,4,8,10-11H2,1-3H3,(H2,17,19,20);1H. The van der Waals surface area contributed by atoms with E-state index in [0.717, 1.165) is 31.0 Å². The first kappa shape index (κ1) is 19.8. The van der Waals surface area contributed by atoms with Crippen LogP contribution >= 0.6 is 35.3 Å². The van der Waals surface area contributed by atoms with Gasteiger partial charge in [-0.2, -0.15) is 0 Å². The van der Waals surface area contributed by atoms with Gasteiger partial charge in [0.15, 0.2) is 5.96 Å². The lowest BCUT2D eigenvalue weighted by atomic mass is 10.3. The van der Waals surface area contributed by atoms with Crippen molar-refractivity contribution in [2.24, 2.45) is 4.99 Å². The van der Waals surface area contributed by atoms with Gasteiger partial charge in [0.1, 0.15) is 0 Å². The van der Waals surface area contributed by atoms with Crippen LogP contribution < -0.4 is 10.6 Å². The average molecular weight is 445 g/mol. The Bertz CT molecular complexity index is 612. The van der Waals surface area contributed by atoms with Crippen LogP contribution in [0.5, 0.6) is 0 Å². The number of thiazole rings is 1. The first-order chi connectivity index (χ1) is 10.7. The molecule has 7 heteroatoms. The van der Waals surface area contributed by atoms with E-state index in [1.54, 1.807) is 24.6 Å². The van der Waals surface area contributed by atoms with Crippen LogP contribution in [0.1, 0.15) is 28.2 Å². The van der Waals surface area contributed by atoms with Crippen molar-refractivity contribution in [2.45, 2.75) is 33.2 Å². The molecule has 0 aromatic carbocycles. The molecule has 126 valence electrons. The molecule has 0 atom stereocenters. The maximum atomic E-state index is 4.65. The monoisotopic (exact) mass is 445 g/mol. The number of halogens is 1. The Kier molecular flexibility index (Phi) is 9.08. The highest BCUT2D eigenvalue weighted by Crippen LogP contribution is 2.17. The fraction of sp³-hybridized carbons (Fsp3) is 0.438. The van der Waals surface area contributed by atoms with Gasteiger partial charge in [0.05, 0.1) is 22.9 Å². The summed E-state index contributed by atoms with van der Waals surface area (Å²) in [5.41, 5.74) is 2.21. The van der Waals surface area contributed by atoms with Crippen molar-refractivity contribution >= 4 is 41.3 Å². The lowest BCUT2D eigenvalue weighted by Gasteiger charge is -2.10. The van der Waals surface area contributed by atoms with Gasteiger partial charge in [-0.1, -0.05) is 13.0 Å². The summed E-state index contributed by atoms with van der Waals surface area (Å²) < 4.78 is 0. The van der Waals surface area contributed by atoms with Crippen LogP contribution in [0.25, 0.3) is 0 Å². The number of nitrogens with zero attached hydrogens (tertiary/aromatic N) is 3. The molecule has 0 saturated heterocycles. The van der Waals surface area contributed by atoms with Crippen molar-refractivity contribution in [1.29, 1.82) is 0 Å². The van der Waals surface area contributed by atoms with E-state index in [2.05, 4.69) is 39.4 Å². The Morgan fingerprint density at radius 2 is 2.13 bits per heavy atom. The Balaban J connectivity index is 0.00000264. The fourth-order valence-electron chi connectivity index (χ4n) is 2.11. The van der Waals surface area contributed by atoms with Gasteiger partial charge in [-0.15, -0.1) is 35.3 Å². The summed E-state index contributed by atoms with van der Waals surface area (Å²) in [4.78, 5) is 14.5. The number of aryl methyl sites for hydroxylation is 2. The van der Waals surface area contributed by atoms with E-state index < -0.39 is 0 Å². The van der Waals surface area contributed by atoms with Gasteiger partial charge >= 0.3 is 0 Å². The summed E-state index contributed by atoms with van der Waals surface area (Å²) in [6.45, 7) is 5.77. The van der Waals surface area contributed by atoms with E-state index in [9.17, 15) is 0 Å². The number of aliphatic imine (C=N–C) groups is 1. The van der Waals surface area contributed by atoms with E-state index in [1.807, 2.05) is 18.2 Å². The third-order valence-corrected chi connectivity index (χ3v) is 4.36. The summed E-state index contributed by atoms with van der Waals surface area (Å²) in [6, 6.07) is 5.89. The zero-order chi connectivity index (χ0) is 15.8. The molecule has 2 aromatic rings. The molecule has 0 unspecified atom stereocenters. The third-order valence-electron chi connectivity index (χ3n) is 3.29. The number of guanidine groups is 1. The number of pyridine rings is 1. The third kappa shape index (κ3) is 6.42. The van der Waals surface area contributed by atoms with Gasteiger partial charge in [0, 0.05) is 31.1 Å². The molecule has 2 N–H and O–H groups in total. The number of rotatable bonds is 6. The SMILES string of the molecule is CCc1nc(CCNC(=NC)NCc2ccccn2)sc1C.I. The minimum Gasteiger partial charge on any atom is -0.356 e. The molecule has 2 aromatic heterocycles. The second-order valence-corrected chi connectivity index (χ2v) is 6.18. The molecular formula is C16H24IN5S. The van der Waals surface area contributed by atoms with Gasteiger partial charge in [-0.3, -0.25) is 9.98 Å². The molecule has 0 spiro atoms. The zero-order valence-electron chi connectivity index (χ0n) is 13.8. The van der Waals surface area contributed by atoms with E-state index in [4.69, 9.17) is 0 Å². The highest BCUT2D eigenvalue weighted by molar-refractivity contribution is 14.0. The molecule has 23 heavy (non-hydrogen) atoms. The topological polar surface area (TPSA) is 62.2 Å². The summed E-state index contributed by atoms with van der Waals surface area (Å²) in [6.07, 6.45) is 3.71. The van der Waals surface area contributed by atoms with Gasteiger partial charge in [-0.05, 0) is 25.5 Å². The number of hydrogen-bond donors (Lipinski definition) is 2. The van der Waals surface area contributed by atoms with Crippen LogP contribution in [0.3, 0.4) is 0 Å². The quantitative estimate of drug-likeness (QED) is 0.408. The summed E-state index contributed by atoms with van der Waals surface area (Å²) in [5, 5.41) is 7.75. The highest BCUT2D eigenvalue weighted by atomic mass is 127. The van der Waals surface area contributed by atoms with Crippen LogP contribution in [0, 0.1) is 6.92 Å². The van der Waals surface area contributed by atoms with Crippen molar-refractivity contribution in [3.63, 3.8) is 0 Å². The van der Waals surface area contributed by atoms with Gasteiger partial charge in [0.25, 0.3) is 0 Å². The molecular weight excluding hydrogens is 421 g/mol. The van der Waals surface area contributed by atoms with Crippen LogP contribution in [0.15, 0.2) is 29.4 Å². The van der Waals surface area contributed by atoms with Gasteiger partial charge in [-0.25, -0.2) is 4.98 Å². The lowest BCUT2D eigenvalue weighted by molar-refractivity contribution is 0.779. The molecule has 0 saturated carbocycles. The minimum absolute atomic E-state index is 0. The summed E-state index contributed by atoms with van der Waals surface area (Å²) >= 11 is 1.79. The first-order valence-electron chi connectivity index (χ1n) is 7.52. The molecule has 2 heterocycles. The normalized spacial score (nSPS) is 11.0. The van der Waals surface area contributed by atoms with Crippen LogP contribution in [0.4, 0.5) is 0 Å². The Hall–Kier alpha value is -1.22. The molecule has 2 rings (SSSR count). The maximum absolute atomic E-state index is 4.65. The van der Waals surface area contributed by atoms with Crippen molar-refractivity contribution in [3.05, 3.63) is 45.7 Å². The summed E-state index contributed by atoms with van der Waals surface area (Å²) in [5.74, 6) is 0.787. The number of aromatic nitrogens is 2. The van der Waals surface area contributed by atoms with E-state index in [-0.39, 0.29) is 24.0 Å². The molecule has 0 aliphatic carbocycles. The highest BCUT2D eigenvalue weighted by Gasteiger charge is 2.06. The van der Waals surface area contributed by atoms with Gasteiger partial charge in [0.2, 0.25) is 0 Å². The molecule has 0 aliphatic rings. The predicted molar refractivity (Wildman–Crippen MR) is 108 cm³/mol. The minimum atomic E-state index is 0. The van der Waals surface area contributed by atoms with Crippen molar-refractivity contribution in [2.75, 3.05) is 13.6 Å². The van der Waals surface area contributed by atoms with Crippen molar-refractivity contribution in [3.8, 4) is 0 Å². The molecule has 0 bridgehead atoms. The number of nitrogens with one attached hydrogen (secondary N) is 2. The van der Waals surface area contributed by atoms with Crippen molar-refractivity contribution in [1.82, 2.24) is 20.6 Å². The Labute approximate surface area is 159 Å². The van der Waals surface area contributed by atoms with E-state index in [1.165, 1.54) is 15.6 Å². The maximum Gasteiger partial charge on any atom is 0.191 e. The van der Waals surface area contributed by atoms with Crippen LogP contribution in [-0.4, -0.2) is 29.5 Å². The second-order valence-electron chi connectivity index (χ2n) is 4.89.